The van der Waals surface area contributed by atoms with Gasteiger partial charge in [0.05, 0.1) is 6.61 Å². The second-order valence-corrected chi connectivity index (χ2v) is 6.15. The number of nitrogens with one attached hydrogen (secondary N) is 1. The van der Waals surface area contributed by atoms with E-state index in [1.54, 1.807) is 36.7 Å². The summed E-state index contributed by atoms with van der Waals surface area (Å²) in [7, 11) is 0. The largest absolute Gasteiger partial charge is 0.513 e. The third-order valence-electron chi connectivity index (χ3n) is 3.86. The first kappa shape index (κ1) is 18.7. The fourth-order valence-corrected chi connectivity index (χ4v) is 2.59. The highest BCUT2D eigenvalue weighted by molar-refractivity contribution is 5.95. The van der Waals surface area contributed by atoms with Crippen molar-refractivity contribution in [3.05, 3.63) is 41.5 Å². The van der Waals surface area contributed by atoms with Crippen molar-refractivity contribution in [1.29, 1.82) is 0 Å². The average molecular weight is 345 g/mol. The number of aryl methyl sites for hydroxylation is 1. The van der Waals surface area contributed by atoms with E-state index in [-0.39, 0.29) is 6.61 Å². The van der Waals surface area contributed by atoms with Crippen LogP contribution in [-0.4, -0.2) is 23.9 Å². The number of carbonyl (C=O) groups is 2. The van der Waals surface area contributed by atoms with Gasteiger partial charge in [-0.05, 0) is 55.0 Å². The lowest BCUT2D eigenvalue weighted by molar-refractivity contribution is 0.0706. The zero-order chi connectivity index (χ0) is 18.4. The molecule has 0 aliphatic heterocycles. The zero-order valence-corrected chi connectivity index (χ0v) is 14.7. The molecule has 2 N–H and O–H groups in total. The molecule has 2 aliphatic carbocycles. The Morgan fingerprint density at radius 1 is 1.20 bits per heavy atom. The quantitative estimate of drug-likeness (QED) is 0.469. The molecule has 134 valence electrons. The van der Waals surface area contributed by atoms with E-state index in [1.165, 1.54) is 0 Å². The molecule has 0 fully saturated rings. The van der Waals surface area contributed by atoms with Crippen molar-refractivity contribution in [2.75, 3.05) is 6.61 Å². The summed E-state index contributed by atoms with van der Waals surface area (Å²) >= 11 is 0. The molecule has 0 unspecified atom stereocenters. The second-order valence-electron chi connectivity index (χ2n) is 6.15. The van der Waals surface area contributed by atoms with Crippen LogP contribution in [-0.2, 0) is 11.2 Å². The molecule has 0 atom stereocenters. The molecule has 0 bridgehead atoms. The Morgan fingerprint density at radius 2 is 1.96 bits per heavy atom. The lowest BCUT2D eigenvalue weighted by Gasteiger charge is -2.05. The standard InChI is InChI=1S/C19H23NO5/c1-4-24-19(22)25-17-11-13(9-8-12(2)3)16-10-14(18(21)20-23)6-5-7-15(16)17/h5-7,10-12,23H,4,8-9H2,1-3H3,(H,20,21). The molecule has 0 heterocycles. The third-order valence-corrected chi connectivity index (χ3v) is 3.86. The number of ether oxygens (including phenoxy) is 2. The third kappa shape index (κ3) is 4.70. The van der Waals surface area contributed by atoms with Crippen LogP contribution in [0.1, 0.15) is 43.1 Å². The lowest BCUT2D eigenvalue weighted by Crippen LogP contribution is -2.18. The maximum absolute atomic E-state index is 11.8. The highest BCUT2D eigenvalue weighted by Gasteiger charge is 2.20. The molecule has 6 heteroatoms. The van der Waals surface area contributed by atoms with Crippen LogP contribution < -0.4 is 10.2 Å². The van der Waals surface area contributed by atoms with Gasteiger partial charge in [0.2, 0.25) is 0 Å². The van der Waals surface area contributed by atoms with Gasteiger partial charge in [0, 0.05) is 11.1 Å². The van der Waals surface area contributed by atoms with Gasteiger partial charge in [-0.3, -0.25) is 10.0 Å². The van der Waals surface area contributed by atoms with Crippen molar-refractivity contribution in [2.24, 2.45) is 5.92 Å². The molecule has 0 radical (unpaired) electrons. The predicted molar refractivity (Wildman–Crippen MR) is 93.1 cm³/mol. The molecule has 0 aromatic carbocycles. The second kappa shape index (κ2) is 8.48. The number of carbonyl (C=O) groups excluding carboxylic acids is 2. The molecular weight excluding hydrogens is 322 g/mol. The summed E-state index contributed by atoms with van der Waals surface area (Å²) in [5, 5.41) is 8.89. The van der Waals surface area contributed by atoms with Gasteiger partial charge in [-0.2, -0.15) is 0 Å². The summed E-state index contributed by atoms with van der Waals surface area (Å²) in [6.07, 6.45) is 0.979. The summed E-state index contributed by atoms with van der Waals surface area (Å²) < 4.78 is 10.2. The van der Waals surface area contributed by atoms with Crippen molar-refractivity contribution in [3.8, 4) is 16.9 Å². The molecule has 0 saturated carbocycles. The van der Waals surface area contributed by atoms with Gasteiger partial charge in [0.25, 0.3) is 5.91 Å². The van der Waals surface area contributed by atoms with Gasteiger partial charge < -0.3 is 9.47 Å². The Kier molecular flexibility index (Phi) is 6.36. The van der Waals surface area contributed by atoms with Gasteiger partial charge in [-0.15, -0.1) is 0 Å². The Bertz CT molecular complexity index is 726. The van der Waals surface area contributed by atoms with Crippen LogP contribution in [0, 0.1) is 5.92 Å². The number of hydrogen-bond donors (Lipinski definition) is 2. The molecule has 6 nitrogen and oxygen atoms in total. The first-order valence-corrected chi connectivity index (χ1v) is 8.31. The summed E-state index contributed by atoms with van der Waals surface area (Å²) in [6.45, 7) is 6.20. The molecule has 25 heavy (non-hydrogen) atoms. The average Bonchev–Trinajstić information content (AvgIpc) is 2.74. The summed E-state index contributed by atoms with van der Waals surface area (Å²) in [6, 6.07) is 8.54. The zero-order valence-electron chi connectivity index (χ0n) is 14.7. The topological polar surface area (TPSA) is 84.9 Å². The summed E-state index contributed by atoms with van der Waals surface area (Å²) in [4.78, 5) is 23.5. The SMILES string of the molecule is CCOC(=O)Oc1cc(CCC(C)C)c2cc(C(=O)NO)cccc1-2. The molecule has 2 aliphatic rings. The number of hydroxylamine groups is 1. The minimum absolute atomic E-state index is 0.228. The molecule has 0 spiro atoms. The van der Waals surface area contributed by atoms with E-state index in [0.717, 1.165) is 24.0 Å². The fourth-order valence-electron chi connectivity index (χ4n) is 2.59. The lowest BCUT2D eigenvalue weighted by atomic mass is 10.00. The summed E-state index contributed by atoms with van der Waals surface area (Å²) in [5.74, 6) is 0.317. The van der Waals surface area contributed by atoms with Crippen molar-refractivity contribution >= 4 is 12.1 Å². The molecule has 0 saturated heterocycles. The van der Waals surface area contributed by atoms with Gasteiger partial charge in [-0.25, -0.2) is 10.3 Å². The smallest absolute Gasteiger partial charge is 0.434 e. The van der Waals surface area contributed by atoms with Crippen LogP contribution in [0.3, 0.4) is 0 Å². The Morgan fingerprint density at radius 3 is 2.60 bits per heavy atom. The Balaban J connectivity index is 2.46. The predicted octanol–water partition coefficient (Wildman–Crippen LogP) is 4.03. The fraction of sp³-hybridized carbons (Fsp3) is 0.368. The normalized spacial score (nSPS) is 10.8. The van der Waals surface area contributed by atoms with Crippen molar-refractivity contribution in [3.63, 3.8) is 0 Å². The van der Waals surface area contributed by atoms with Gasteiger partial charge >= 0.3 is 6.16 Å². The van der Waals surface area contributed by atoms with E-state index in [9.17, 15) is 9.59 Å². The first-order valence-electron chi connectivity index (χ1n) is 8.31. The Hall–Kier alpha value is -2.60. The summed E-state index contributed by atoms with van der Waals surface area (Å²) in [5.41, 5.74) is 4.46. The molecule has 2 rings (SSSR count). The van der Waals surface area contributed by atoms with Crippen LogP contribution in [0.5, 0.6) is 5.75 Å². The van der Waals surface area contributed by atoms with E-state index in [4.69, 9.17) is 14.7 Å². The number of hydrogen-bond acceptors (Lipinski definition) is 5. The van der Waals surface area contributed by atoms with Crippen molar-refractivity contribution in [1.82, 2.24) is 5.48 Å². The van der Waals surface area contributed by atoms with Gasteiger partial charge in [0.1, 0.15) is 5.75 Å². The van der Waals surface area contributed by atoms with Crippen molar-refractivity contribution < 1.29 is 24.3 Å². The van der Waals surface area contributed by atoms with E-state index in [1.807, 2.05) is 6.07 Å². The maximum atomic E-state index is 11.8. The van der Waals surface area contributed by atoms with Gasteiger partial charge in [0.15, 0.2) is 0 Å². The van der Waals surface area contributed by atoms with Crippen LogP contribution in [0.25, 0.3) is 11.1 Å². The minimum Gasteiger partial charge on any atom is -0.434 e. The Labute approximate surface area is 147 Å². The first-order chi connectivity index (χ1) is 12.0. The van der Waals surface area contributed by atoms with Crippen LogP contribution >= 0.6 is 0 Å². The highest BCUT2D eigenvalue weighted by Crippen LogP contribution is 2.39. The van der Waals surface area contributed by atoms with E-state index in [0.29, 0.717) is 22.8 Å². The molecule has 0 aromatic heterocycles. The van der Waals surface area contributed by atoms with E-state index < -0.39 is 12.1 Å². The minimum atomic E-state index is -0.760. The molecule has 1 amide bonds. The monoisotopic (exact) mass is 345 g/mol. The van der Waals surface area contributed by atoms with Crippen LogP contribution in [0.15, 0.2) is 30.3 Å². The number of rotatable bonds is 6. The highest BCUT2D eigenvalue weighted by atomic mass is 16.7. The molecular formula is C19H23NO5. The van der Waals surface area contributed by atoms with Crippen LogP contribution in [0.2, 0.25) is 0 Å². The van der Waals surface area contributed by atoms with Crippen molar-refractivity contribution in [2.45, 2.75) is 33.6 Å². The number of amides is 1. The van der Waals surface area contributed by atoms with Gasteiger partial charge in [-0.1, -0.05) is 26.0 Å². The van der Waals surface area contributed by atoms with E-state index >= 15 is 0 Å². The van der Waals surface area contributed by atoms with Crippen LogP contribution in [0.4, 0.5) is 4.79 Å². The molecule has 0 aromatic rings. The van der Waals surface area contributed by atoms with E-state index in [2.05, 4.69) is 13.8 Å². The number of fused-ring (bicyclic) bond motifs is 1. The maximum Gasteiger partial charge on any atom is 0.513 e.